The van der Waals surface area contributed by atoms with Crippen molar-refractivity contribution >= 4 is 27.3 Å². The highest BCUT2D eigenvalue weighted by Gasteiger charge is 2.23. The Labute approximate surface area is 128 Å². The molecule has 112 valence electrons. The SMILES string of the molecule is CC(O)C(=O)N1CCN(Cc2csc3ccccc23)CC1. The Bertz CT molecular complexity index is 630. The molecule has 1 aromatic carbocycles. The lowest BCUT2D eigenvalue weighted by Gasteiger charge is -2.35. The molecule has 0 spiro atoms. The molecule has 0 radical (unpaired) electrons. The van der Waals surface area contributed by atoms with E-state index in [-0.39, 0.29) is 5.91 Å². The average molecular weight is 304 g/mol. The number of aliphatic hydroxyl groups is 1. The molecule has 1 fully saturated rings. The standard InChI is InChI=1S/C16H20N2O2S/c1-12(19)16(20)18-8-6-17(7-9-18)10-13-11-21-15-5-3-2-4-14(13)15/h2-5,11-12,19H,6-10H2,1H3. The molecule has 1 unspecified atom stereocenters. The molecule has 1 atom stereocenters. The fourth-order valence-electron chi connectivity index (χ4n) is 2.79. The van der Waals surface area contributed by atoms with Crippen molar-refractivity contribution in [1.29, 1.82) is 0 Å². The molecular weight excluding hydrogens is 284 g/mol. The van der Waals surface area contributed by atoms with Crippen LogP contribution >= 0.6 is 11.3 Å². The topological polar surface area (TPSA) is 43.8 Å². The van der Waals surface area contributed by atoms with Crippen LogP contribution in [0, 0.1) is 0 Å². The third-order valence-corrected chi connectivity index (χ3v) is 5.01. The molecule has 1 aliphatic rings. The molecule has 4 nitrogen and oxygen atoms in total. The Morgan fingerprint density at radius 2 is 2.00 bits per heavy atom. The van der Waals surface area contributed by atoms with E-state index in [4.69, 9.17) is 0 Å². The minimum atomic E-state index is -0.891. The van der Waals surface area contributed by atoms with Crippen LogP contribution in [0.25, 0.3) is 10.1 Å². The molecule has 21 heavy (non-hydrogen) atoms. The average Bonchev–Trinajstić information content (AvgIpc) is 2.91. The van der Waals surface area contributed by atoms with Crippen LogP contribution in [0.1, 0.15) is 12.5 Å². The maximum absolute atomic E-state index is 11.8. The first kappa shape index (κ1) is 14.5. The zero-order chi connectivity index (χ0) is 14.8. The smallest absolute Gasteiger partial charge is 0.251 e. The second-order valence-electron chi connectivity index (χ2n) is 5.53. The van der Waals surface area contributed by atoms with E-state index in [9.17, 15) is 9.90 Å². The molecule has 0 saturated carbocycles. The first-order valence-electron chi connectivity index (χ1n) is 7.29. The van der Waals surface area contributed by atoms with Gasteiger partial charge in [-0.25, -0.2) is 0 Å². The van der Waals surface area contributed by atoms with Gasteiger partial charge < -0.3 is 10.0 Å². The van der Waals surface area contributed by atoms with Crippen LogP contribution in [-0.2, 0) is 11.3 Å². The summed E-state index contributed by atoms with van der Waals surface area (Å²) < 4.78 is 1.33. The van der Waals surface area contributed by atoms with Gasteiger partial charge in [0, 0.05) is 37.4 Å². The first-order valence-corrected chi connectivity index (χ1v) is 8.17. The van der Waals surface area contributed by atoms with E-state index >= 15 is 0 Å². The zero-order valence-electron chi connectivity index (χ0n) is 12.2. The third kappa shape index (κ3) is 3.10. The Kier molecular flexibility index (Phi) is 4.24. The predicted octanol–water partition coefficient (Wildman–Crippen LogP) is 1.93. The number of piperazine rings is 1. The van der Waals surface area contributed by atoms with Gasteiger partial charge >= 0.3 is 0 Å². The van der Waals surface area contributed by atoms with Gasteiger partial charge in [0.05, 0.1) is 0 Å². The Morgan fingerprint density at radius 1 is 1.29 bits per heavy atom. The molecule has 1 saturated heterocycles. The van der Waals surface area contributed by atoms with Crippen LogP contribution in [0.3, 0.4) is 0 Å². The maximum atomic E-state index is 11.8. The first-order chi connectivity index (χ1) is 10.1. The van der Waals surface area contributed by atoms with Crippen LogP contribution in [0.5, 0.6) is 0 Å². The van der Waals surface area contributed by atoms with Crippen LogP contribution in [0.15, 0.2) is 29.6 Å². The van der Waals surface area contributed by atoms with Gasteiger partial charge in [-0.3, -0.25) is 9.69 Å². The number of thiophene rings is 1. The van der Waals surface area contributed by atoms with Crippen molar-refractivity contribution in [2.45, 2.75) is 19.6 Å². The van der Waals surface area contributed by atoms with Crippen LogP contribution in [-0.4, -0.2) is 53.1 Å². The van der Waals surface area contributed by atoms with E-state index in [0.29, 0.717) is 13.1 Å². The zero-order valence-corrected chi connectivity index (χ0v) is 13.0. The van der Waals surface area contributed by atoms with E-state index in [0.717, 1.165) is 19.6 Å². The lowest BCUT2D eigenvalue weighted by molar-refractivity contribution is -0.141. The highest BCUT2D eigenvalue weighted by Crippen LogP contribution is 2.26. The van der Waals surface area contributed by atoms with Gasteiger partial charge in [0.1, 0.15) is 6.10 Å². The second-order valence-corrected chi connectivity index (χ2v) is 6.45. The van der Waals surface area contributed by atoms with Crippen LogP contribution < -0.4 is 0 Å². The van der Waals surface area contributed by atoms with Gasteiger partial charge in [-0.05, 0) is 29.3 Å². The summed E-state index contributed by atoms with van der Waals surface area (Å²) in [5.74, 6) is -0.157. The quantitative estimate of drug-likeness (QED) is 0.942. The van der Waals surface area contributed by atoms with Crippen LogP contribution in [0.4, 0.5) is 0 Å². The number of fused-ring (bicyclic) bond motifs is 1. The van der Waals surface area contributed by atoms with E-state index in [1.807, 2.05) is 0 Å². The molecule has 1 amide bonds. The van der Waals surface area contributed by atoms with Crippen molar-refractivity contribution in [2.24, 2.45) is 0 Å². The molecule has 1 N–H and O–H groups in total. The van der Waals surface area contributed by atoms with E-state index < -0.39 is 6.10 Å². The van der Waals surface area contributed by atoms with Crippen molar-refractivity contribution in [1.82, 2.24) is 9.80 Å². The summed E-state index contributed by atoms with van der Waals surface area (Å²) in [5, 5.41) is 12.9. The summed E-state index contributed by atoms with van der Waals surface area (Å²) in [6, 6.07) is 8.48. The minimum absolute atomic E-state index is 0.157. The number of carbonyl (C=O) groups excluding carboxylic acids is 1. The van der Waals surface area contributed by atoms with Crippen molar-refractivity contribution in [3.63, 3.8) is 0 Å². The summed E-state index contributed by atoms with van der Waals surface area (Å²) in [7, 11) is 0. The summed E-state index contributed by atoms with van der Waals surface area (Å²) in [5.41, 5.74) is 1.37. The molecule has 2 heterocycles. The number of nitrogens with zero attached hydrogens (tertiary/aromatic N) is 2. The lowest BCUT2D eigenvalue weighted by atomic mass is 10.1. The van der Waals surface area contributed by atoms with Gasteiger partial charge in [-0.2, -0.15) is 0 Å². The Morgan fingerprint density at radius 3 is 2.71 bits per heavy atom. The van der Waals surface area contributed by atoms with Gasteiger partial charge in [-0.1, -0.05) is 18.2 Å². The van der Waals surface area contributed by atoms with Crippen molar-refractivity contribution in [3.05, 3.63) is 35.2 Å². The number of amides is 1. The number of hydrogen-bond acceptors (Lipinski definition) is 4. The summed E-state index contributed by atoms with van der Waals surface area (Å²) in [6.45, 7) is 5.59. The van der Waals surface area contributed by atoms with Crippen LogP contribution in [0.2, 0.25) is 0 Å². The second kappa shape index (κ2) is 6.13. The number of hydrogen-bond donors (Lipinski definition) is 1. The minimum Gasteiger partial charge on any atom is -0.384 e. The van der Waals surface area contributed by atoms with E-state index in [1.54, 1.807) is 16.2 Å². The summed E-state index contributed by atoms with van der Waals surface area (Å²) in [4.78, 5) is 15.9. The molecule has 0 bridgehead atoms. The predicted molar refractivity (Wildman–Crippen MR) is 85.4 cm³/mol. The number of aliphatic hydroxyl groups excluding tert-OH is 1. The summed E-state index contributed by atoms with van der Waals surface area (Å²) >= 11 is 1.79. The third-order valence-electron chi connectivity index (χ3n) is 4.00. The molecule has 5 heteroatoms. The molecule has 1 aliphatic heterocycles. The molecule has 2 aromatic rings. The van der Waals surface area contributed by atoms with Gasteiger partial charge in [0.25, 0.3) is 5.91 Å². The monoisotopic (exact) mass is 304 g/mol. The molecular formula is C16H20N2O2S. The molecule has 0 aliphatic carbocycles. The summed E-state index contributed by atoms with van der Waals surface area (Å²) in [6.07, 6.45) is -0.891. The number of carbonyl (C=O) groups is 1. The maximum Gasteiger partial charge on any atom is 0.251 e. The molecule has 3 rings (SSSR count). The Balaban J connectivity index is 1.62. The lowest BCUT2D eigenvalue weighted by Crippen LogP contribution is -2.50. The van der Waals surface area contributed by atoms with Gasteiger partial charge in [0.15, 0.2) is 0 Å². The normalized spacial score (nSPS) is 18.1. The largest absolute Gasteiger partial charge is 0.384 e. The van der Waals surface area contributed by atoms with E-state index in [2.05, 4.69) is 34.5 Å². The van der Waals surface area contributed by atoms with Crippen molar-refractivity contribution in [3.8, 4) is 0 Å². The Hall–Kier alpha value is -1.43. The van der Waals surface area contributed by atoms with Crippen molar-refractivity contribution in [2.75, 3.05) is 26.2 Å². The highest BCUT2D eigenvalue weighted by molar-refractivity contribution is 7.17. The number of benzene rings is 1. The number of rotatable bonds is 3. The van der Waals surface area contributed by atoms with Crippen molar-refractivity contribution < 1.29 is 9.90 Å². The molecule has 1 aromatic heterocycles. The van der Waals surface area contributed by atoms with Gasteiger partial charge in [0.2, 0.25) is 0 Å². The van der Waals surface area contributed by atoms with E-state index in [1.165, 1.54) is 22.6 Å². The highest BCUT2D eigenvalue weighted by atomic mass is 32.1. The fourth-order valence-corrected chi connectivity index (χ4v) is 3.74. The van der Waals surface area contributed by atoms with Gasteiger partial charge in [-0.15, -0.1) is 11.3 Å². The fraction of sp³-hybridized carbons (Fsp3) is 0.438.